The molecular formula is C10H16ClN3O. The van der Waals surface area contributed by atoms with E-state index in [2.05, 4.69) is 9.97 Å². The first-order valence-electron chi connectivity index (χ1n) is 4.93. The molecule has 0 saturated carbocycles. The van der Waals surface area contributed by atoms with Crippen molar-refractivity contribution >= 4 is 17.4 Å². The van der Waals surface area contributed by atoms with Gasteiger partial charge in [-0.15, -0.1) is 0 Å². The molecule has 0 radical (unpaired) electrons. The Balaban J connectivity index is 2.64. The maximum atomic E-state index is 5.74. The molecule has 84 valence electrons. The number of rotatable bonds is 5. The number of aromatic nitrogens is 2. The standard InChI is InChI=1S/C10H16ClN3O/c1-4-15-6-5-14(3)9-8(2)7-12-10(11)13-9/h7H,4-6H2,1-3H3. The number of ether oxygens (including phenoxy) is 1. The van der Waals surface area contributed by atoms with E-state index in [1.807, 2.05) is 25.8 Å². The van der Waals surface area contributed by atoms with Gasteiger partial charge in [0.15, 0.2) is 0 Å². The van der Waals surface area contributed by atoms with Crippen molar-refractivity contribution in [3.63, 3.8) is 0 Å². The molecule has 1 heterocycles. The molecule has 4 nitrogen and oxygen atoms in total. The summed E-state index contributed by atoms with van der Waals surface area (Å²) in [6.45, 7) is 6.16. The number of hydrogen-bond donors (Lipinski definition) is 0. The second-order valence-electron chi connectivity index (χ2n) is 3.26. The summed E-state index contributed by atoms with van der Waals surface area (Å²) in [5.74, 6) is 0.856. The second kappa shape index (κ2) is 5.88. The first-order valence-corrected chi connectivity index (χ1v) is 5.31. The van der Waals surface area contributed by atoms with Gasteiger partial charge >= 0.3 is 0 Å². The van der Waals surface area contributed by atoms with E-state index in [0.717, 1.165) is 24.5 Å². The molecule has 0 amide bonds. The van der Waals surface area contributed by atoms with Crippen LogP contribution in [0.3, 0.4) is 0 Å². The zero-order valence-corrected chi connectivity index (χ0v) is 10.1. The van der Waals surface area contributed by atoms with Crippen LogP contribution in [0.15, 0.2) is 6.20 Å². The van der Waals surface area contributed by atoms with E-state index in [4.69, 9.17) is 16.3 Å². The number of likely N-dealkylation sites (N-methyl/N-ethyl adjacent to an activating group) is 1. The summed E-state index contributed by atoms with van der Waals surface area (Å²) in [5.41, 5.74) is 1.01. The van der Waals surface area contributed by atoms with Gasteiger partial charge in [0.25, 0.3) is 0 Å². The van der Waals surface area contributed by atoms with Crippen LogP contribution in [-0.2, 0) is 4.74 Å². The molecule has 0 aliphatic rings. The van der Waals surface area contributed by atoms with E-state index in [1.54, 1.807) is 6.20 Å². The van der Waals surface area contributed by atoms with Crippen molar-refractivity contribution in [1.29, 1.82) is 0 Å². The van der Waals surface area contributed by atoms with Gasteiger partial charge in [0.1, 0.15) is 5.82 Å². The normalized spacial score (nSPS) is 10.4. The Morgan fingerprint density at radius 1 is 1.53 bits per heavy atom. The highest BCUT2D eigenvalue weighted by Gasteiger charge is 2.07. The van der Waals surface area contributed by atoms with Crippen LogP contribution < -0.4 is 4.90 Å². The highest BCUT2D eigenvalue weighted by atomic mass is 35.5. The molecule has 1 aromatic heterocycles. The number of nitrogens with zero attached hydrogens (tertiary/aromatic N) is 3. The molecule has 1 aromatic rings. The van der Waals surface area contributed by atoms with Crippen LogP contribution in [0.1, 0.15) is 12.5 Å². The summed E-state index contributed by atoms with van der Waals surface area (Å²) < 4.78 is 5.28. The lowest BCUT2D eigenvalue weighted by Gasteiger charge is -2.19. The van der Waals surface area contributed by atoms with Crippen molar-refractivity contribution in [1.82, 2.24) is 9.97 Å². The molecule has 0 fully saturated rings. The van der Waals surface area contributed by atoms with Gasteiger partial charge in [0.05, 0.1) is 6.61 Å². The van der Waals surface area contributed by atoms with Crippen LogP contribution >= 0.6 is 11.6 Å². The summed E-state index contributed by atoms with van der Waals surface area (Å²) in [6, 6.07) is 0. The predicted octanol–water partition coefficient (Wildman–Crippen LogP) is 1.91. The van der Waals surface area contributed by atoms with Gasteiger partial charge < -0.3 is 9.64 Å². The van der Waals surface area contributed by atoms with E-state index in [1.165, 1.54) is 0 Å². The molecule has 0 spiro atoms. The molecule has 0 aromatic carbocycles. The van der Waals surface area contributed by atoms with E-state index >= 15 is 0 Å². The van der Waals surface area contributed by atoms with E-state index in [0.29, 0.717) is 6.61 Å². The Bertz CT molecular complexity index is 320. The van der Waals surface area contributed by atoms with Gasteiger partial charge in [-0.2, -0.15) is 0 Å². The molecule has 5 heteroatoms. The van der Waals surface area contributed by atoms with Gasteiger partial charge in [-0.1, -0.05) is 0 Å². The van der Waals surface area contributed by atoms with E-state index in [-0.39, 0.29) is 5.28 Å². The van der Waals surface area contributed by atoms with Gasteiger partial charge in [0, 0.05) is 32.0 Å². The van der Waals surface area contributed by atoms with E-state index in [9.17, 15) is 0 Å². The smallest absolute Gasteiger partial charge is 0.224 e. The lowest BCUT2D eigenvalue weighted by Crippen LogP contribution is -2.24. The Morgan fingerprint density at radius 2 is 2.27 bits per heavy atom. The van der Waals surface area contributed by atoms with Crippen molar-refractivity contribution in [3.05, 3.63) is 17.0 Å². The third kappa shape index (κ3) is 3.64. The maximum absolute atomic E-state index is 5.74. The minimum Gasteiger partial charge on any atom is -0.380 e. The fourth-order valence-electron chi connectivity index (χ4n) is 1.25. The molecule has 0 saturated heterocycles. The number of aryl methyl sites for hydroxylation is 1. The lowest BCUT2D eigenvalue weighted by atomic mass is 10.3. The zero-order valence-electron chi connectivity index (χ0n) is 9.33. The molecule has 0 unspecified atom stereocenters. The minimum absolute atomic E-state index is 0.277. The fourth-order valence-corrected chi connectivity index (χ4v) is 1.38. The topological polar surface area (TPSA) is 38.2 Å². The Kier molecular flexibility index (Phi) is 4.78. The summed E-state index contributed by atoms with van der Waals surface area (Å²) in [6.07, 6.45) is 1.72. The van der Waals surface area contributed by atoms with Gasteiger partial charge in [-0.3, -0.25) is 0 Å². The van der Waals surface area contributed by atoms with E-state index < -0.39 is 0 Å². The maximum Gasteiger partial charge on any atom is 0.224 e. The van der Waals surface area contributed by atoms with Crippen LogP contribution in [0.25, 0.3) is 0 Å². The third-order valence-corrected chi connectivity index (χ3v) is 2.23. The molecule has 0 bridgehead atoms. The van der Waals surface area contributed by atoms with Crippen LogP contribution in [0.5, 0.6) is 0 Å². The van der Waals surface area contributed by atoms with Crippen molar-refractivity contribution in [2.45, 2.75) is 13.8 Å². The molecule has 1 rings (SSSR count). The highest BCUT2D eigenvalue weighted by Crippen LogP contribution is 2.16. The Morgan fingerprint density at radius 3 is 2.93 bits per heavy atom. The van der Waals surface area contributed by atoms with Crippen LogP contribution in [0, 0.1) is 6.92 Å². The summed E-state index contributed by atoms with van der Waals surface area (Å²) in [7, 11) is 1.96. The molecule has 0 aliphatic carbocycles. The Hall–Kier alpha value is -0.870. The largest absolute Gasteiger partial charge is 0.380 e. The molecular weight excluding hydrogens is 214 g/mol. The first kappa shape index (κ1) is 12.2. The van der Waals surface area contributed by atoms with Gasteiger partial charge in [-0.05, 0) is 25.4 Å². The molecule has 15 heavy (non-hydrogen) atoms. The molecule has 0 atom stereocenters. The summed E-state index contributed by atoms with van der Waals surface area (Å²) >= 11 is 5.74. The van der Waals surface area contributed by atoms with Crippen LogP contribution in [-0.4, -0.2) is 36.8 Å². The number of halogens is 1. The van der Waals surface area contributed by atoms with Crippen molar-refractivity contribution < 1.29 is 4.74 Å². The molecule has 0 aliphatic heterocycles. The quantitative estimate of drug-likeness (QED) is 0.571. The molecule has 0 N–H and O–H groups in total. The predicted molar refractivity (Wildman–Crippen MR) is 61.5 cm³/mol. The van der Waals surface area contributed by atoms with Crippen molar-refractivity contribution in [2.75, 3.05) is 31.7 Å². The zero-order chi connectivity index (χ0) is 11.3. The summed E-state index contributed by atoms with van der Waals surface area (Å²) in [5, 5.41) is 0.277. The lowest BCUT2D eigenvalue weighted by molar-refractivity contribution is 0.154. The number of hydrogen-bond acceptors (Lipinski definition) is 4. The van der Waals surface area contributed by atoms with Gasteiger partial charge in [0.2, 0.25) is 5.28 Å². The first-order chi connectivity index (χ1) is 7.15. The van der Waals surface area contributed by atoms with Crippen molar-refractivity contribution in [3.8, 4) is 0 Å². The highest BCUT2D eigenvalue weighted by molar-refractivity contribution is 6.28. The van der Waals surface area contributed by atoms with Gasteiger partial charge in [-0.25, -0.2) is 9.97 Å². The fraction of sp³-hybridized carbons (Fsp3) is 0.600. The third-order valence-electron chi connectivity index (χ3n) is 2.05. The SMILES string of the molecule is CCOCCN(C)c1nc(Cl)ncc1C. The van der Waals surface area contributed by atoms with Crippen molar-refractivity contribution in [2.24, 2.45) is 0 Å². The Labute approximate surface area is 95.2 Å². The summed E-state index contributed by atoms with van der Waals surface area (Å²) in [4.78, 5) is 10.1. The monoisotopic (exact) mass is 229 g/mol. The average Bonchev–Trinajstić information content (AvgIpc) is 2.22. The van der Waals surface area contributed by atoms with Crippen LogP contribution in [0.4, 0.5) is 5.82 Å². The average molecular weight is 230 g/mol. The second-order valence-corrected chi connectivity index (χ2v) is 3.60. The minimum atomic E-state index is 0.277. The number of anilines is 1. The van der Waals surface area contributed by atoms with Crippen LogP contribution in [0.2, 0.25) is 5.28 Å².